The fourth-order valence-electron chi connectivity index (χ4n) is 2.07. The number of hydrogen-bond donors (Lipinski definition) is 1. The van der Waals surface area contributed by atoms with Gasteiger partial charge in [-0.15, -0.1) is 0 Å². The summed E-state index contributed by atoms with van der Waals surface area (Å²) in [5, 5.41) is 3.57. The highest BCUT2D eigenvalue weighted by atomic mass is 14.9. The molecule has 1 unspecified atom stereocenters. The third-order valence-electron chi connectivity index (χ3n) is 3.31. The van der Waals surface area contributed by atoms with Gasteiger partial charge in [-0.25, -0.2) is 0 Å². The van der Waals surface area contributed by atoms with Crippen LogP contribution in [0.1, 0.15) is 36.6 Å². The Balaban J connectivity index is 1.97. The molecule has 0 radical (unpaired) electrons. The van der Waals surface area contributed by atoms with E-state index in [1.807, 2.05) is 0 Å². The molecule has 0 amide bonds. The molecule has 94 valence electrons. The van der Waals surface area contributed by atoms with Crippen molar-refractivity contribution in [3.8, 4) is 0 Å². The maximum absolute atomic E-state index is 3.57. The van der Waals surface area contributed by atoms with Gasteiger partial charge in [0.25, 0.3) is 0 Å². The molecule has 2 rings (SSSR count). The van der Waals surface area contributed by atoms with Crippen molar-refractivity contribution in [2.75, 3.05) is 0 Å². The molecule has 2 aromatic rings. The fraction of sp³-hybridized carbons (Fsp3) is 0.294. The zero-order valence-corrected chi connectivity index (χ0v) is 11.2. The van der Waals surface area contributed by atoms with Gasteiger partial charge in [0.2, 0.25) is 0 Å². The lowest BCUT2D eigenvalue weighted by molar-refractivity contribution is 0.574. The summed E-state index contributed by atoms with van der Waals surface area (Å²) >= 11 is 0. The number of benzene rings is 2. The Bertz CT molecular complexity index is 476. The Morgan fingerprint density at radius 2 is 1.67 bits per heavy atom. The Kier molecular flexibility index (Phi) is 4.54. The second kappa shape index (κ2) is 6.36. The molecule has 18 heavy (non-hydrogen) atoms. The predicted molar refractivity (Wildman–Crippen MR) is 77.5 cm³/mol. The molecule has 1 N–H and O–H groups in total. The van der Waals surface area contributed by atoms with E-state index < -0.39 is 0 Å². The van der Waals surface area contributed by atoms with Crippen LogP contribution in [0.15, 0.2) is 54.6 Å². The number of rotatable bonds is 5. The van der Waals surface area contributed by atoms with Crippen molar-refractivity contribution < 1.29 is 0 Å². The lowest BCUT2D eigenvalue weighted by Crippen LogP contribution is -2.18. The first kappa shape index (κ1) is 12.8. The van der Waals surface area contributed by atoms with Crippen LogP contribution in [-0.2, 0) is 13.0 Å². The molecular weight excluding hydrogens is 218 g/mol. The maximum atomic E-state index is 3.57. The van der Waals surface area contributed by atoms with Gasteiger partial charge in [-0.1, -0.05) is 61.5 Å². The van der Waals surface area contributed by atoms with Crippen LogP contribution in [0.2, 0.25) is 0 Å². The quantitative estimate of drug-likeness (QED) is 0.828. The third-order valence-corrected chi connectivity index (χ3v) is 3.31. The summed E-state index contributed by atoms with van der Waals surface area (Å²) in [6, 6.07) is 19.7. The van der Waals surface area contributed by atoms with Crippen molar-refractivity contribution >= 4 is 0 Å². The minimum Gasteiger partial charge on any atom is -0.306 e. The number of hydrogen-bond acceptors (Lipinski definition) is 1. The number of nitrogens with one attached hydrogen (secondary N) is 1. The molecule has 0 spiro atoms. The summed E-state index contributed by atoms with van der Waals surface area (Å²) in [4.78, 5) is 0. The lowest BCUT2D eigenvalue weighted by atomic mass is 10.0. The molecule has 2 aromatic carbocycles. The summed E-state index contributed by atoms with van der Waals surface area (Å²) in [6.07, 6.45) is 1.10. The zero-order chi connectivity index (χ0) is 12.8. The topological polar surface area (TPSA) is 12.0 Å². The first-order valence-electron chi connectivity index (χ1n) is 6.65. The average Bonchev–Trinajstić information content (AvgIpc) is 2.46. The maximum Gasteiger partial charge on any atom is 0.0295 e. The largest absolute Gasteiger partial charge is 0.306 e. The molecule has 0 saturated heterocycles. The summed E-state index contributed by atoms with van der Waals surface area (Å²) in [6.45, 7) is 5.33. The van der Waals surface area contributed by atoms with E-state index in [1.54, 1.807) is 0 Å². The molecule has 1 nitrogen and oxygen atoms in total. The van der Waals surface area contributed by atoms with Gasteiger partial charge in [0.15, 0.2) is 0 Å². The standard InChI is InChI=1S/C17H21N/c1-3-15-10-7-11-17(12-15)14(2)18-13-16-8-5-4-6-9-16/h4-12,14,18H,3,13H2,1-2H3. The average molecular weight is 239 g/mol. The predicted octanol–water partition coefficient (Wildman–Crippen LogP) is 4.10. The monoisotopic (exact) mass is 239 g/mol. The normalized spacial score (nSPS) is 12.3. The Labute approximate surface area is 110 Å². The number of aryl methyl sites for hydroxylation is 1. The van der Waals surface area contributed by atoms with E-state index in [9.17, 15) is 0 Å². The first-order chi connectivity index (χ1) is 8.79. The van der Waals surface area contributed by atoms with Crippen LogP contribution in [-0.4, -0.2) is 0 Å². The highest BCUT2D eigenvalue weighted by molar-refractivity contribution is 5.26. The molecule has 0 saturated carbocycles. The van der Waals surface area contributed by atoms with Crippen molar-refractivity contribution in [2.45, 2.75) is 32.9 Å². The highest BCUT2D eigenvalue weighted by Gasteiger charge is 2.04. The van der Waals surface area contributed by atoms with Crippen LogP contribution in [0.25, 0.3) is 0 Å². The molecular formula is C17H21N. The van der Waals surface area contributed by atoms with E-state index >= 15 is 0 Å². The van der Waals surface area contributed by atoms with Gasteiger partial charge < -0.3 is 5.32 Å². The van der Waals surface area contributed by atoms with Gasteiger partial charge in [0, 0.05) is 12.6 Å². The Hall–Kier alpha value is -1.60. The van der Waals surface area contributed by atoms with Crippen molar-refractivity contribution in [2.24, 2.45) is 0 Å². The molecule has 0 heterocycles. The van der Waals surface area contributed by atoms with Crippen LogP contribution in [0.5, 0.6) is 0 Å². The van der Waals surface area contributed by atoms with Crippen molar-refractivity contribution in [1.82, 2.24) is 5.32 Å². The van der Waals surface area contributed by atoms with Crippen molar-refractivity contribution in [1.29, 1.82) is 0 Å². The summed E-state index contributed by atoms with van der Waals surface area (Å²) in [5.41, 5.74) is 4.10. The van der Waals surface area contributed by atoms with Crippen LogP contribution >= 0.6 is 0 Å². The Morgan fingerprint density at radius 1 is 0.944 bits per heavy atom. The molecule has 1 atom stereocenters. The smallest absolute Gasteiger partial charge is 0.0295 e. The van der Waals surface area contributed by atoms with E-state index in [2.05, 4.69) is 73.8 Å². The summed E-state index contributed by atoms with van der Waals surface area (Å²) in [7, 11) is 0. The third kappa shape index (κ3) is 3.44. The fourth-order valence-corrected chi connectivity index (χ4v) is 2.07. The second-order valence-corrected chi connectivity index (χ2v) is 4.69. The summed E-state index contributed by atoms with van der Waals surface area (Å²) < 4.78 is 0. The Morgan fingerprint density at radius 3 is 2.39 bits per heavy atom. The van der Waals surface area contributed by atoms with Crippen LogP contribution in [0, 0.1) is 0 Å². The van der Waals surface area contributed by atoms with Gasteiger partial charge in [-0.2, -0.15) is 0 Å². The van der Waals surface area contributed by atoms with Crippen LogP contribution in [0.3, 0.4) is 0 Å². The van der Waals surface area contributed by atoms with Gasteiger partial charge >= 0.3 is 0 Å². The van der Waals surface area contributed by atoms with E-state index in [0.29, 0.717) is 6.04 Å². The van der Waals surface area contributed by atoms with Gasteiger partial charge in [-0.05, 0) is 30.0 Å². The minimum absolute atomic E-state index is 0.386. The van der Waals surface area contributed by atoms with E-state index in [-0.39, 0.29) is 0 Å². The van der Waals surface area contributed by atoms with Crippen LogP contribution in [0.4, 0.5) is 0 Å². The summed E-state index contributed by atoms with van der Waals surface area (Å²) in [5.74, 6) is 0. The molecule has 1 heteroatoms. The molecule has 0 aliphatic heterocycles. The van der Waals surface area contributed by atoms with Gasteiger partial charge in [-0.3, -0.25) is 0 Å². The molecule has 0 aliphatic rings. The van der Waals surface area contributed by atoms with Crippen LogP contribution < -0.4 is 5.32 Å². The molecule has 0 bridgehead atoms. The molecule has 0 aromatic heterocycles. The van der Waals surface area contributed by atoms with Crippen molar-refractivity contribution in [3.63, 3.8) is 0 Å². The van der Waals surface area contributed by atoms with Gasteiger partial charge in [0.05, 0.1) is 0 Å². The second-order valence-electron chi connectivity index (χ2n) is 4.69. The molecule has 0 fully saturated rings. The lowest BCUT2D eigenvalue weighted by Gasteiger charge is -2.15. The SMILES string of the molecule is CCc1cccc(C(C)NCc2ccccc2)c1. The van der Waals surface area contributed by atoms with E-state index in [1.165, 1.54) is 16.7 Å². The van der Waals surface area contributed by atoms with Crippen molar-refractivity contribution in [3.05, 3.63) is 71.3 Å². The highest BCUT2D eigenvalue weighted by Crippen LogP contribution is 2.15. The van der Waals surface area contributed by atoms with E-state index in [4.69, 9.17) is 0 Å². The zero-order valence-electron chi connectivity index (χ0n) is 11.2. The molecule has 0 aliphatic carbocycles. The van der Waals surface area contributed by atoms with E-state index in [0.717, 1.165) is 13.0 Å². The first-order valence-corrected chi connectivity index (χ1v) is 6.65. The minimum atomic E-state index is 0.386. The van der Waals surface area contributed by atoms with Gasteiger partial charge in [0.1, 0.15) is 0 Å².